The molecule has 0 atom stereocenters. The molecular formula is C20H23N3O4. The van der Waals surface area contributed by atoms with E-state index in [-0.39, 0.29) is 6.03 Å². The second-order valence-electron chi connectivity index (χ2n) is 6.17. The van der Waals surface area contributed by atoms with Crippen molar-refractivity contribution >= 4 is 17.0 Å². The third-order valence-corrected chi connectivity index (χ3v) is 4.28. The van der Waals surface area contributed by atoms with E-state index in [1.165, 1.54) is 0 Å². The number of benzene rings is 2. The van der Waals surface area contributed by atoms with Crippen molar-refractivity contribution in [1.82, 2.24) is 15.8 Å². The van der Waals surface area contributed by atoms with Crippen LogP contribution in [-0.4, -0.2) is 32.0 Å². The molecule has 3 rings (SSSR count). The van der Waals surface area contributed by atoms with E-state index in [9.17, 15) is 4.79 Å². The van der Waals surface area contributed by atoms with Crippen LogP contribution < -0.4 is 20.1 Å². The van der Waals surface area contributed by atoms with Gasteiger partial charge in [0.05, 0.1) is 20.8 Å². The highest BCUT2D eigenvalue weighted by atomic mass is 16.5. The summed E-state index contributed by atoms with van der Waals surface area (Å²) in [4.78, 5) is 12.1. The molecule has 0 saturated heterocycles. The van der Waals surface area contributed by atoms with E-state index >= 15 is 0 Å². The lowest BCUT2D eigenvalue weighted by Crippen LogP contribution is -2.36. The lowest BCUT2D eigenvalue weighted by atomic mass is 10.1. The number of methoxy groups -OCH3 is 2. The first-order valence-corrected chi connectivity index (χ1v) is 8.68. The molecule has 0 aliphatic carbocycles. The van der Waals surface area contributed by atoms with Gasteiger partial charge in [-0.05, 0) is 49.2 Å². The van der Waals surface area contributed by atoms with Crippen LogP contribution in [0.5, 0.6) is 11.5 Å². The summed E-state index contributed by atoms with van der Waals surface area (Å²) in [5, 5.41) is 10.6. The van der Waals surface area contributed by atoms with Gasteiger partial charge < -0.3 is 24.6 Å². The Bertz CT molecular complexity index is 936. The number of aromatic nitrogens is 1. The van der Waals surface area contributed by atoms with Gasteiger partial charge in [-0.2, -0.15) is 0 Å². The zero-order valence-electron chi connectivity index (χ0n) is 15.7. The molecule has 27 heavy (non-hydrogen) atoms. The van der Waals surface area contributed by atoms with Gasteiger partial charge in [0.15, 0.2) is 5.58 Å². The minimum atomic E-state index is -0.263. The summed E-state index contributed by atoms with van der Waals surface area (Å²) < 4.78 is 15.9. The zero-order chi connectivity index (χ0) is 19.2. The molecule has 0 unspecified atom stereocenters. The molecule has 142 valence electrons. The van der Waals surface area contributed by atoms with Gasteiger partial charge >= 0.3 is 6.03 Å². The predicted octanol–water partition coefficient (Wildman–Crippen LogP) is 3.20. The minimum Gasteiger partial charge on any atom is -0.497 e. The van der Waals surface area contributed by atoms with E-state index in [0.717, 1.165) is 28.0 Å². The topological polar surface area (TPSA) is 85.6 Å². The van der Waals surface area contributed by atoms with Crippen molar-refractivity contribution in [3.63, 3.8) is 0 Å². The average Bonchev–Trinajstić information content (AvgIpc) is 3.08. The summed E-state index contributed by atoms with van der Waals surface area (Å²) in [6.07, 6.45) is 0.625. The number of hydrogen-bond acceptors (Lipinski definition) is 5. The molecule has 0 aliphatic rings. The predicted molar refractivity (Wildman–Crippen MR) is 102 cm³/mol. The maximum absolute atomic E-state index is 12.1. The molecule has 0 aliphatic heterocycles. The lowest BCUT2D eigenvalue weighted by molar-refractivity contribution is 0.240. The van der Waals surface area contributed by atoms with Crippen LogP contribution in [0.4, 0.5) is 4.79 Å². The Kier molecular flexibility index (Phi) is 5.80. The largest absolute Gasteiger partial charge is 0.497 e. The first kappa shape index (κ1) is 18.6. The standard InChI is InChI=1S/C20H23N3O4/c1-13-4-6-19-16(10-13)17(23-27-19)12-22-20(24)21-9-8-14-11-15(25-2)5-7-18(14)26-3/h4-7,10-11H,8-9,12H2,1-3H3,(H2,21,22,24). The number of fused-ring (bicyclic) bond motifs is 1. The third kappa shape index (κ3) is 4.49. The van der Waals surface area contributed by atoms with Gasteiger partial charge in [-0.15, -0.1) is 0 Å². The van der Waals surface area contributed by atoms with E-state index in [1.54, 1.807) is 14.2 Å². The van der Waals surface area contributed by atoms with Crippen LogP contribution >= 0.6 is 0 Å². The summed E-state index contributed by atoms with van der Waals surface area (Å²) in [6, 6.07) is 11.2. The quantitative estimate of drug-likeness (QED) is 0.668. The van der Waals surface area contributed by atoms with Crippen molar-refractivity contribution in [2.75, 3.05) is 20.8 Å². The van der Waals surface area contributed by atoms with Crippen LogP contribution in [-0.2, 0) is 13.0 Å². The van der Waals surface area contributed by atoms with Crippen molar-refractivity contribution < 1.29 is 18.8 Å². The Labute approximate surface area is 157 Å². The molecule has 3 aromatic rings. The Balaban J connectivity index is 1.52. The number of rotatable bonds is 7. The zero-order valence-corrected chi connectivity index (χ0v) is 15.7. The molecule has 0 saturated carbocycles. The molecule has 0 radical (unpaired) electrons. The van der Waals surface area contributed by atoms with Crippen LogP contribution in [0.15, 0.2) is 40.9 Å². The summed E-state index contributed by atoms with van der Waals surface area (Å²) in [5.41, 5.74) is 3.50. The Morgan fingerprint density at radius 3 is 2.74 bits per heavy atom. The van der Waals surface area contributed by atoms with Crippen molar-refractivity contribution in [2.45, 2.75) is 19.9 Å². The summed E-state index contributed by atoms with van der Waals surface area (Å²) in [6.45, 7) is 2.77. The molecule has 0 spiro atoms. The van der Waals surface area contributed by atoms with E-state index in [2.05, 4.69) is 15.8 Å². The fourth-order valence-corrected chi connectivity index (χ4v) is 2.84. The van der Waals surface area contributed by atoms with E-state index < -0.39 is 0 Å². The number of carbonyl (C=O) groups excluding carboxylic acids is 1. The summed E-state index contributed by atoms with van der Waals surface area (Å²) in [5.74, 6) is 1.52. The first-order chi connectivity index (χ1) is 13.1. The molecule has 7 heteroatoms. The summed E-state index contributed by atoms with van der Waals surface area (Å²) in [7, 11) is 3.24. The molecule has 1 heterocycles. The Morgan fingerprint density at radius 1 is 1.11 bits per heavy atom. The number of aryl methyl sites for hydroxylation is 1. The van der Waals surface area contributed by atoms with E-state index in [1.807, 2.05) is 43.3 Å². The van der Waals surface area contributed by atoms with Gasteiger partial charge in [-0.3, -0.25) is 0 Å². The van der Waals surface area contributed by atoms with Gasteiger partial charge in [-0.25, -0.2) is 4.79 Å². The third-order valence-electron chi connectivity index (χ3n) is 4.28. The fourth-order valence-electron chi connectivity index (χ4n) is 2.84. The fraction of sp³-hybridized carbons (Fsp3) is 0.300. The number of amides is 2. The van der Waals surface area contributed by atoms with Gasteiger partial charge in [0.1, 0.15) is 17.2 Å². The molecule has 2 amide bonds. The van der Waals surface area contributed by atoms with E-state index in [4.69, 9.17) is 14.0 Å². The maximum Gasteiger partial charge on any atom is 0.315 e. The average molecular weight is 369 g/mol. The SMILES string of the molecule is COc1ccc(OC)c(CCNC(=O)NCc2noc3ccc(C)cc23)c1. The number of nitrogens with zero attached hydrogens (tertiary/aromatic N) is 1. The number of carbonyl (C=O) groups is 1. The molecule has 7 nitrogen and oxygen atoms in total. The monoisotopic (exact) mass is 369 g/mol. The van der Waals surface area contributed by atoms with E-state index in [0.29, 0.717) is 30.8 Å². The normalized spacial score (nSPS) is 10.6. The van der Waals surface area contributed by atoms with Crippen molar-refractivity contribution in [2.24, 2.45) is 0 Å². The molecule has 0 fully saturated rings. The van der Waals surface area contributed by atoms with Crippen molar-refractivity contribution in [3.8, 4) is 11.5 Å². The first-order valence-electron chi connectivity index (χ1n) is 8.68. The van der Waals surface area contributed by atoms with Gasteiger partial charge in [0.2, 0.25) is 0 Å². The van der Waals surface area contributed by atoms with Crippen LogP contribution in [0, 0.1) is 6.92 Å². The number of nitrogens with one attached hydrogen (secondary N) is 2. The molecule has 0 bridgehead atoms. The maximum atomic E-state index is 12.1. The summed E-state index contributed by atoms with van der Waals surface area (Å²) >= 11 is 0. The van der Waals surface area contributed by atoms with Crippen molar-refractivity contribution in [3.05, 3.63) is 53.2 Å². The van der Waals surface area contributed by atoms with Gasteiger partial charge in [0.25, 0.3) is 0 Å². The van der Waals surface area contributed by atoms with Crippen LogP contribution in [0.2, 0.25) is 0 Å². The second-order valence-corrected chi connectivity index (χ2v) is 6.17. The van der Waals surface area contributed by atoms with Gasteiger partial charge in [0, 0.05) is 11.9 Å². The van der Waals surface area contributed by atoms with Crippen LogP contribution in [0.1, 0.15) is 16.8 Å². The number of urea groups is 1. The highest BCUT2D eigenvalue weighted by molar-refractivity contribution is 5.81. The Morgan fingerprint density at radius 2 is 1.96 bits per heavy atom. The molecule has 2 aromatic carbocycles. The van der Waals surface area contributed by atoms with Gasteiger partial charge in [-0.1, -0.05) is 16.8 Å². The molecule has 2 N–H and O–H groups in total. The minimum absolute atomic E-state index is 0.263. The molecule has 1 aromatic heterocycles. The second kappa shape index (κ2) is 8.44. The molecular weight excluding hydrogens is 346 g/mol. The van der Waals surface area contributed by atoms with Crippen LogP contribution in [0.25, 0.3) is 11.0 Å². The smallest absolute Gasteiger partial charge is 0.315 e. The highest BCUT2D eigenvalue weighted by Gasteiger charge is 2.10. The number of ether oxygens (including phenoxy) is 2. The lowest BCUT2D eigenvalue weighted by Gasteiger charge is -2.11. The Hall–Kier alpha value is -3.22. The number of hydrogen-bond donors (Lipinski definition) is 2. The van der Waals surface area contributed by atoms with Crippen molar-refractivity contribution in [1.29, 1.82) is 0 Å². The van der Waals surface area contributed by atoms with Crippen LogP contribution in [0.3, 0.4) is 0 Å². The highest BCUT2D eigenvalue weighted by Crippen LogP contribution is 2.24.